The van der Waals surface area contributed by atoms with Crippen LogP contribution in [0.5, 0.6) is 0 Å². The maximum atomic E-state index is 5.51. The van der Waals surface area contributed by atoms with Crippen molar-refractivity contribution in [2.24, 2.45) is 0 Å². The fourth-order valence-corrected chi connectivity index (χ4v) is 1.65. The second-order valence-corrected chi connectivity index (χ2v) is 3.83. The van der Waals surface area contributed by atoms with Crippen LogP contribution in [-0.4, -0.2) is 52.7 Å². The van der Waals surface area contributed by atoms with Crippen molar-refractivity contribution in [3.63, 3.8) is 0 Å². The third kappa shape index (κ3) is 6.84. The summed E-state index contributed by atoms with van der Waals surface area (Å²) in [6.45, 7) is 4.89. The fraction of sp³-hybridized carbons (Fsp3) is 1.00. The molecule has 0 radical (unpaired) electrons. The number of methoxy groups -OCH3 is 1. The average Bonchev–Trinajstić information content (AvgIpc) is 2.75. The highest BCUT2D eigenvalue weighted by Crippen LogP contribution is 2.04. The predicted molar refractivity (Wildman–Crippen MR) is 59.2 cm³/mol. The molecule has 0 aromatic rings. The highest BCUT2D eigenvalue weighted by atomic mass is 16.5. The lowest BCUT2D eigenvalue weighted by atomic mass is 10.2. The molecule has 0 saturated carbocycles. The molecule has 1 fully saturated rings. The molecule has 0 aromatic carbocycles. The SMILES string of the molecule is COCCCOCCOCC1CCCN1. The van der Waals surface area contributed by atoms with Gasteiger partial charge in [0.25, 0.3) is 0 Å². The second-order valence-electron chi connectivity index (χ2n) is 3.83. The van der Waals surface area contributed by atoms with Crippen LogP contribution in [-0.2, 0) is 14.2 Å². The van der Waals surface area contributed by atoms with Crippen molar-refractivity contribution in [1.82, 2.24) is 5.32 Å². The van der Waals surface area contributed by atoms with E-state index in [4.69, 9.17) is 14.2 Å². The Hall–Kier alpha value is -0.160. The average molecular weight is 217 g/mol. The zero-order chi connectivity index (χ0) is 10.8. The molecule has 0 spiro atoms. The summed E-state index contributed by atoms with van der Waals surface area (Å²) in [5.41, 5.74) is 0. The molecule has 4 heteroatoms. The van der Waals surface area contributed by atoms with E-state index in [-0.39, 0.29) is 0 Å². The van der Waals surface area contributed by atoms with Gasteiger partial charge in [-0.2, -0.15) is 0 Å². The van der Waals surface area contributed by atoms with Gasteiger partial charge in [0.15, 0.2) is 0 Å². The van der Waals surface area contributed by atoms with Gasteiger partial charge >= 0.3 is 0 Å². The molecule has 15 heavy (non-hydrogen) atoms. The largest absolute Gasteiger partial charge is 0.385 e. The van der Waals surface area contributed by atoms with Gasteiger partial charge in [0.2, 0.25) is 0 Å². The molecule has 1 atom stereocenters. The summed E-state index contributed by atoms with van der Waals surface area (Å²) in [6, 6.07) is 0.568. The molecular formula is C11H23NO3. The lowest BCUT2D eigenvalue weighted by Gasteiger charge is -2.10. The van der Waals surface area contributed by atoms with E-state index in [0.29, 0.717) is 19.3 Å². The first-order chi connectivity index (χ1) is 7.43. The van der Waals surface area contributed by atoms with Crippen LogP contribution in [0.1, 0.15) is 19.3 Å². The quantitative estimate of drug-likeness (QED) is 0.580. The number of hydrogen-bond donors (Lipinski definition) is 1. The summed E-state index contributed by atoms with van der Waals surface area (Å²) in [5.74, 6) is 0. The van der Waals surface area contributed by atoms with Gasteiger partial charge < -0.3 is 19.5 Å². The zero-order valence-electron chi connectivity index (χ0n) is 9.67. The minimum Gasteiger partial charge on any atom is -0.385 e. The highest BCUT2D eigenvalue weighted by molar-refractivity contribution is 4.73. The van der Waals surface area contributed by atoms with E-state index in [0.717, 1.165) is 32.8 Å². The van der Waals surface area contributed by atoms with E-state index < -0.39 is 0 Å². The van der Waals surface area contributed by atoms with Crippen LogP contribution in [0, 0.1) is 0 Å². The van der Waals surface area contributed by atoms with Gasteiger partial charge in [-0.25, -0.2) is 0 Å². The molecule has 1 N–H and O–H groups in total. The fourth-order valence-electron chi connectivity index (χ4n) is 1.65. The Bertz CT molecular complexity index is 138. The van der Waals surface area contributed by atoms with Crippen molar-refractivity contribution in [3.8, 4) is 0 Å². The van der Waals surface area contributed by atoms with E-state index in [9.17, 15) is 0 Å². The van der Waals surface area contributed by atoms with Gasteiger partial charge in [-0.1, -0.05) is 0 Å². The third-order valence-corrected chi connectivity index (χ3v) is 2.49. The molecule has 1 rings (SSSR count). The van der Waals surface area contributed by atoms with Crippen LogP contribution in [0.3, 0.4) is 0 Å². The molecule has 0 aliphatic carbocycles. The molecule has 0 aromatic heterocycles. The summed E-state index contributed by atoms with van der Waals surface area (Å²) in [6.07, 6.45) is 3.48. The van der Waals surface area contributed by atoms with E-state index in [1.807, 2.05) is 0 Å². The number of hydrogen-bond acceptors (Lipinski definition) is 4. The summed E-state index contributed by atoms with van der Waals surface area (Å²) in [7, 11) is 1.71. The molecule has 0 bridgehead atoms. The zero-order valence-corrected chi connectivity index (χ0v) is 9.67. The molecule has 1 heterocycles. The first kappa shape index (κ1) is 12.9. The number of nitrogens with one attached hydrogen (secondary N) is 1. The van der Waals surface area contributed by atoms with Crippen LogP contribution in [0.2, 0.25) is 0 Å². The Balaban J connectivity index is 1.73. The maximum Gasteiger partial charge on any atom is 0.0701 e. The minimum absolute atomic E-state index is 0.568. The Labute approximate surface area is 92.3 Å². The third-order valence-electron chi connectivity index (χ3n) is 2.49. The lowest BCUT2D eigenvalue weighted by Crippen LogP contribution is -2.27. The van der Waals surface area contributed by atoms with Crippen molar-refractivity contribution in [3.05, 3.63) is 0 Å². The number of ether oxygens (including phenoxy) is 3. The maximum absolute atomic E-state index is 5.51. The summed E-state index contributed by atoms with van der Waals surface area (Å²) in [5, 5.41) is 3.39. The van der Waals surface area contributed by atoms with Gasteiger partial charge in [-0.15, -0.1) is 0 Å². The second kappa shape index (κ2) is 9.09. The van der Waals surface area contributed by atoms with E-state index >= 15 is 0 Å². The Morgan fingerprint density at radius 2 is 2.00 bits per heavy atom. The van der Waals surface area contributed by atoms with Crippen molar-refractivity contribution in [1.29, 1.82) is 0 Å². The Morgan fingerprint density at radius 3 is 2.73 bits per heavy atom. The number of rotatable bonds is 9. The highest BCUT2D eigenvalue weighted by Gasteiger charge is 2.13. The first-order valence-electron chi connectivity index (χ1n) is 5.81. The molecule has 90 valence electrons. The van der Waals surface area contributed by atoms with Gasteiger partial charge in [0, 0.05) is 26.4 Å². The van der Waals surface area contributed by atoms with Crippen LogP contribution in [0.25, 0.3) is 0 Å². The molecule has 4 nitrogen and oxygen atoms in total. The molecule has 1 aliphatic rings. The normalized spacial score (nSPS) is 21.0. The van der Waals surface area contributed by atoms with Crippen LogP contribution >= 0.6 is 0 Å². The molecule has 1 unspecified atom stereocenters. The Morgan fingerprint density at radius 1 is 1.13 bits per heavy atom. The van der Waals surface area contributed by atoms with E-state index in [1.54, 1.807) is 7.11 Å². The van der Waals surface area contributed by atoms with Gasteiger partial charge in [0.05, 0.1) is 19.8 Å². The van der Waals surface area contributed by atoms with Crippen LogP contribution in [0.4, 0.5) is 0 Å². The molecule has 1 saturated heterocycles. The van der Waals surface area contributed by atoms with Crippen LogP contribution < -0.4 is 5.32 Å². The smallest absolute Gasteiger partial charge is 0.0701 e. The van der Waals surface area contributed by atoms with Gasteiger partial charge in [-0.05, 0) is 25.8 Å². The molecular weight excluding hydrogens is 194 g/mol. The predicted octanol–water partition coefficient (Wildman–Crippen LogP) is 0.808. The topological polar surface area (TPSA) is 39.7 Å². The van der Waals surface area contributed by atoms with Crippen molar-refractivity contribution in [2.45, 2.75) is 25.3 Å². The van der Waals surface area contributed by atoms with Gasteiger partial charge in [-0.3, -0.25) is 0 Å². The minimum atomic E-state index is 0.568. The lowest BCUT2D eigenvalue weighted by molar-refractivity contribution is 0.0341. The summed E-state index contributed by atoms with van der Waals surface area (Å²) in [4.78, 5) is 0. The van der Waals surface area contributed by atoms with E-state index in [1.165, 1.54) is 12.8 Å². The standard InChI is InChI=1S/C11H23NO3/c1-13-6-3-7-14-8-9-15-10-11-4-2-5-12-11/h11-12H,2-10H2,1H3. The van der Waals surface area contributed by atoms with Gasteiger partial charge in [0.1, 0.15) is 0 Å². The van der Waals surface area contributed by atoms with Crippen LogP contribution in [0.15, 0.2) is 0 Å². The monoisotopic (exact) mass is 217 g/mol. The van der Waals surface area contributed by atoms with Crippen molar-refractivity contribution in [2.75, 3.05) is 46.7 Å². The molecule has 1 aliphatic heterocycles. The summed E-state index contributed by atoms with van der Waals surface area (Å²) < 4.78 is 15.8. The summed E-state index contributed by atoms with van der Waals surface area (Å²) >= 11 is 0. The van der Waals surface area contributed by atoms with Crippen molar-refractivity contribution < 1.29 is 14.2 Å². The van der Waals surface area contributed by atoms with Crippen molar-refractivity contribution >= 4 is 0 Å². The Kier molecular flexibility index (Phi) is 7.83. The van der Waals surface area contributed by atoms with E-state index in [2.05, 4.69) is 5.32 Å². The molecule has 0 amide bonds. The first-order valence-corrected chi connectivity index (χ1v) is 5.81.